The van der Waals surface area contributed by atoms with Crippen molar-refractivity contribution < 1.29 is 4.79 Å². The van der Waals surface area contributed by atoms with Gasteiger partial charge in [-0.1, -0.05) is 30.7 Å². The highest BCUT2D eigenvalue weighted by Gasteiger charge is 2.28. The van der Waals surface area contributed by atoms with Gasteiger partial charge in [-0.3, -0.25) is 4.79 Å². The van der Waals surface area contributed by atoms with Crippen molar-refractivity contribution in [1.82, 2.24) is 0 Å². The minimum Gasteiger partial charge on any atom is -0.299 e. The van der Waals surface area contributed by atoms with Gasteiger partial charge in [0.25, 0.3) is 0 Å². The number of rotatable bonds is 5. The lowest BCUT2D eigenvalue weighted by Crippen LogP contribution is -2.08. The van der Waals surface area contributed by atoms with Gasteiger partial charge in [0, 0.05) is 12.3 Å². The molecule has 2 aliphatic carbocycles. The van der Waals surface area contributed by atoms with Gasteiger partial charge in [0.1, 0.15) is 5.78 Å². The highest BCUT2D eigenvalue weighted by Crippen LogP contribution is 2.36. The Balaban J connectivity index is 1.54. The van der Waals surface area contributed by atoms with Crippen molar-refractivity contribution in [1.29, 1.82) is 0 Å². The Hall–Kier alpha value is -1.11. The fourth-order valence-electron chi connectivity index (χ4n) is 2.58. The molecule has 0 atom stereocenters. The van der Waals surface area contributed by atoms with Crippen LogP contribution >= 0.6 is 0 Å². The van der Waals surface area contributed by atoms with Gasteiger partial charge in [-0.15, -0.1) is 0 Å². The van der Waals surface area contributed by atoms with Crippen molar-refractivity contribution >= 4 is 5.78 Å². The first-order chi connectivity index (χ1) is 8.33. The lowest BCUT2D eigenvalue weighted by Gasteiger charge is -2.25. The molecule has 0 unspecified atom stereocenters. The average molecular weight is 228 g/mol. The number of hydrogen-bond donors (Lipinski definition) is 0. The summed E-state index contributed by atoms with van der Waals surface area (Å²) in [4.78, 5) is 11.6. The summed E-state index contributed by atoms with van der Waals surface area (Å²) in [5.74, 6) is 1.72. The number of ketones is 1. The van der Waals surface area contributed by atoms with E-state index in [-0.39, 0.29) is 0 Å². The van der Waals surface area contributed by atoms with Crippen molar-refractivity contribution in [2.75, 3.05) is 0 Å². The van der Waals surface area contributed by atoms with Gasteiger partial charge in [0.05, 0.1) is 0 Å². The van der Waals surface area contributed by atoms with Gasteiger partial charge >= 0.3 is 0 Å². The topological polar surface area (TPSA) is 17.1 Å². The third kappa shape index (κ3) is 2.59. The van der Waals surface area contributed by atoms with E-state index >= 15 is 0 Å². The molecule has 0 N–H and O–H groups in total. The molecule has 1 aromatic rings. The summed E-state index contributed by atoms with van der Waals surface area (Å²) < 4.78 is 0. The molecule has 0 bridgehead atoms. The zero-order valence-corrected chi connectivity index (χ0v) is 10.3. The van der Waals surface area contributed by atoms with E-state index in [0.717, 1.165) is 31.6 Å². The highest BCUT2D eigenvalue weighted by molar-refractivity contribution is 5.83. The SMILES string of the molecule is O=C(CCc1ccc(C2CCC2)cc1)C1CC1. The molecule has 17 heavy (non-hydrogen) atoms. The Morgan fingerprint density at radius 2 is 1.76 bits per heavy atom. The van der Waals surface area contributed by atoms with Crippen molar-refractivity contribution in [2.24, 2.45) is 5.92 Å². The molecule has 2 fully saturated rings. The number of carbonyl (C=O) groups is 1. The number of Topliss-reactive ketones (excluding diaryl/α,β-unsaturated/α-hetero) is 1. The highest BCUT2D eigenvalue weighted by atomic mass is 16.1. The Kier molecular flexibility index (Phi) is 3.00. The van der Waals surface area contributed by atoms with E-state index in [2.05, 4.69) is 24.3 Å². The van der Waals surface area contributed by atoms with Crippen LogP contribution in [-0.2, 0) is 11.2 Å². The van der Waals surface area contributed by atoms with Gasteiger partial charge in [-0.25, -0.2) is 0 Å². The van der Waals surface area contributed by atoms with Crippen LogP contribution in [0.15, 0.2) is 24.3 Å². The summed E-state index contributed by atoms with van der Waals surface area (Å²) >= 11 is 0. The van der Waals surface area contributed by atoms with Gasteiger partial charge < -0.3 is 0 Å². The fraction of sp³-hybridized carbons (Fsp3) is 0.562. The van der Waals surface area contributed by atoms with Crippen LogP contribution in [0.4, 0.5) is 0 Å². The van der Waals surface area contributed by atoms with E-state index in [1.807, 2.05) is 0 Å². The van der Waals surface area contributed by atoms with Gasteiger partial charge in [-0.2, -0.15) is 0 Å². The van der Waals surface area contributed by atoms with Crippen LogP contribution < -0.4 is 0 Å². The first kappa shape index (κ1) is 11.0. The van der Waals surface area contributed by atoms with E-state index < -0.39 is 0 Å². The van der Waals surface area contributed by atoms with E-state index in [1.54, 1.807) is 0 Å². The summed E-state index contributed by atoms with van der Waals surface area (Å²) in [6.45, 7) is 0. The molecule has 3 rings (SSSR count). The van der Waals surface area contributed by atoms with Crippen LogP contribution in [0.5, 0.6) is 0 Å². The predicted octanol–water partition coefficient (Wildman–Crippen LogP) is 3.87. The maximum Gasteiger partial charge on any atom is 0.136 e. The predicted molar refractivity (Wildman–Crippen MR) is 69.1 cm³/mol. The van der Waals surface area contributed by atoms with Crippen LogP contribution in [-0.4, -0.2) is 5.78 Å². The molecule has 1 heteroatoms. The molecule has 2 aliphatic rings. The molecule has 0 aliphatic heterocycles. The molecule has 0 heterocycles. The number of aryl methyl sites for hydroxylation is 1. The van der Waals surface area contributed by atoms with Crippen LogP contribution in [0.25, 0.3) is 0 Å². The Labute approximate surface area is 103 Å². The minimum atomic E-state index is 0.421. The smallest absolute Gasteiger partial charge is 0.136 e. The molecule has 0 aromatic heterocycles. The van der Waals surface area contributed by atoms with Crippen LogP contribution in [0, 0.1) is 5.92 Å². The lowest BCUT2D eigenvalue weighted by atomic mass is 9.80. The molecule has 2 saturated carbocycles. The summed E-state index contributed by atoms with van der Waals surface area (Å²) in [6.07, 6.45) is 8.06. The Morgan fingerprint density at radius 1 is 1.06 bits per heavy atom. The Morgan fingerprint density at radius 3 is 2.29 bits per heavy atom. The molecular weight excluding hydrogens is 208 g/mol. The molecule has 0 saturated heterocycles. The molecule has 1 aromatic carbocycles. The van der Waals surface area contributed by atoms with Crippen molar-refractivity contribution in [2.45, 2.75) is 50.9 Å². The zero-order valence-electron chi connectivity index (χ0n) is 10.3. The maximum atomic E-state index is 11.6. The normalized spacial score (nSPS) is 20.0. The Bertz CT molecular complexity index is 396. The molecule has 1 nitrogen and oxygen atoms in total. The number of carbonyl (C=O) groups excluding carboxylic acids is 1. The van der Waals surface area contributed by atoms with Gasteiger partial charge in [-0.05, 0) is 49.1 Å². The summed E-state index contributed by atoms with van der Waals surface area (Å²) in [5.41, 5.74) is 2.82. The van der Waals surface area contributed by atoms with Crippen LogP contribution in [0.2, 0.25) is 0 Å². The van der Waals surface area contributed by atoms with E-state index in [4.69, 9.17) is 0 Å². The van der Waals surface area contributed by atoms with E-state index in [0.29, 0.717) is 11.7 Å². The average Bonchev–Trinajstić information content (AvgIpc) is 3.09. The zero-order chi connectivity index (χ0) is 11.7. The number of hydrogen-bond acceptors (Lipinski definition) is 1. The molecule has 0 spiro atoms. The lowest BCUT2D eigenvalue weighted by molar-refractivity contribution is -0.120. The number of benzene rings is 1. The third-order valence-electron chi connectivity index (χ3n) is 4.25. The maximum absolute atomic E-state index is 11.6. The summed E-state index contributed by atoms with van der Waals surface area (Å²) in [7, 11) is 0. The first-order valence-corrected chi connectivity index (χ1v) is 6.94. The van der Waals surface area contributed by atoms with E-state index in [1.165, 1.54) is 30.4 Å². The fourth-order valence-corrected chi connectivity index (χ4v) is 2.58. The van der Waals surface area contributed by atoms with Crippen molar-refractivity contribution in [3.8, 4) is 0 Å². The molecular formula is C16H20O. The monoisotopic (exact) mass is 228 g/mol. The van der Waals surface area contributed by atoms with Crippen molar-refractivity contribution in [3.05, 3.63) is 35.4 Å². The molecule has 0 amide bonds. The standard InChI is InChI=1S/C16H20O/c17-16(15-9-10-15)11-6-12-4-7-14(8-5-12)13-2-1-3-13/h4-5,7-8,13,15H,1-3,6,9-11H2. The second kappa shape index (κ2) is 4.64. The van der Waals surface area contributed by atoms with Crippen LogP contribution in [0.3, 0.4) is 0 Å². The molecule has 90 valence electrons. The summed E-state index contributed by atoms with van der Waals surface area (Å²) in [5, 5.41) is 0. The van der Waals surface area contributed by atoms with Crippen LogP contribution in [0.1, 0.15) is 55.6 Å². The van der Waals surface area contributed by atoms with Gasteiger partial charge in [0.15, 0.2) is 0 Å². The van der Waals surface area contributed by atoms with Gasteiger partial charge in [0.2, 0.25) is 0 Å². The second-order valence-electron chi connectivity index (χ2n) is 5.61. The second-order valence-corrected chi connectivity index (χ2v) is 5.61. The largest absolute Gasteiger partial charge is 0.299 e. The van der Waals surface area contributed by atoms with Crippen molar-refractivity contribution in [3.63, 3.8) is 0 Å². The molecule has 0 radical (unpaired) electrons. The third-order valence-corrected chi connectivity index (χ3v) is 4.25. The van der Waals surface area contributed by atoms with E-state index in [9.17, 15) is 4.79 Å². The minimum absolute atomic E-state index is 0.421. The first-order valence-electron chi connectivity index (χ1n) is 6.94. The quantitative estimate of drug-likeness (QED) is 0.747. The summed E-state index contributed by atoms with van der Waals surface area (Å²) in [6, 6.07) is 8.96.